The number of methoxy groups -OCH3 is 1. The fourth-order valence-electron chi connectivity index (χ4n) is 2.91. The van der Waals surface area contributed by atoms with Crippen LogP contribution in [0.3, 0.4) is 0 Å². The predicted molar refractivity (Wildman–Crippen MR) is 127 cm³/mol. The van der Waals surface area contributed by atoms with Gasteiger partial charge in [0.25, 0.3) is 5.89 Å². The second-order valence-electron chi connectivity index (χ2n) is 6.59. The molecule has 0 spiro atoms. The van der Waals surface area contributed by atoms with Gasteiger partial charge in [0.2, 0.25) is 0 Å². The maximum Gasteiger partial charge on any atom is 0.276 e. The van der Waals surface area contributed by atoms with Crippen LogP contribution in [-0.2, 0) is 6.42 Å². The van der Waals surface area contributed by atoms with Crippen molar-refractivity contribution in [2.45, 2.75) is 26.3 Å². The molecule has 0 fully saturated rings. The fraction of sp³-hybridized carbons (Fsp3) is 0.333. The summed E-state index contributed by atoms with van der Waals surface area (Å²) in [4.78, 5) is 12.9. The summed E-state index contributed by atoms with van der Waals surface area (Å²) in [6.07, 6.45) is 2.29. The number of nitrogens with one attached hydrogen (secondary N) is 2. The van der Waals surface area contributed by atoms with Crippen LogP contribution < -0.4 is 15.4 Å². The molecule has 2 aromatic heterocycles. The number of rotatable bonds is 7. The summed E-state index contributed by atoms with van der Waals surface area (Å²) in [6.45, 7) is 4.74. The molecular weight excluding hydrogens is 495 g/mol. The number of hydrogen-bond acceptors (Lipinski definition) is 6. The van der Waals surface area contributed by atoms with Gasteiger partial charge in [0.05, 0.1) is 13.2 Å². The molecule has 1 aromatic carbocycles. The molecule has 160 valence electrons. The highest BCUT2D eigenvalue weighted by atomic mass is 127. The maximum absolute atomic E-state index is 5.48. The van der Waals surface area contributed by atoms with Gasteiger partial charge in [0, 0.05) is 31.8 Å². The zero-order valence-corrected chi connectivity index (χ0v) is 19.9. The Morgan fingerprint density at radius 1 is 1.27 bits per heavy atom. The highest BCUT2D eigenvalue weighted by Crippen LogP contribution is 2.25. The zero-order chi connectivity index (χ0) is 20.6. The molecule has 2 heterocycles. The van der Waals surface area contributed by atoms with Gasteiger partial charge in [-0.2, -0.15) is 4.98 Å². The van der Waals surface area contributed by atoms with Crippen molar-refractivity contribution in [1.29, 1.82) is 0 Å². The Labute approximate surface area is 193 Å². The largest absolute Gasteiger partial charge is 0.496 e. The van der Waals surface area contributed by atoms with Crippen molar-refractivity contribution >= 4 is 29.9 Å². The monoisotopic (exact) mass is 522 g/mol. The van der Waals surface area contributed by atoms with Crippen LogP contribution in [0.5, 0.6) is 5.75 Å². The van der Waals surface area contributed by atoms with Crippen LogP contribution in [0.4, 0.5) is 0 Å². The lowest BCUT2D eigenvalue weighted by Gasteiger charge is -2.20. The van der Waals surface area contributed by atoms with E-state index in [1.165, 1.54) is 5.56 Å². The molecule has 0 amide bonds. The highest BCUT2D eigenvalue weighted by molar-refractivity contribution is 14.0. The minimum absolute atomic E-state index is 0. The Morgan fingerprint density at radius 3 is 2.80 bits per heavy atom. The summed E-state index contributed by atoms with van der Waals surface area (Å²) in [5.41, 5.74) is 2.92. The Hall–Kier alpha value is -2.69. The van der Waals surface area contributed by atoms with Crippen LogP contribution >= 0.6 is 24.0 Å². The summed E-state index contributed by atoms with van der Waals surface area (Å²) in [6, 6.07) is 11.7. The third-order valence-electron chi connectivity index (χ3n) is 4.42. The number of hydrogen-bond donors (Lipinski definition) is 2. The molecular formula is C21H27IN6O2. The minimum atomic E-state index is 0. The summed E-state index contributed by atoms with van der Waals surface area (Å²) in [7, 11) is 3.42. The number of guanidine groups is 1. The lowest BCUT2D eigenvalue weighted by Crippen LogP contribution is -2.39. The normalized spacial score (nSPS) is 12.1. The van der Waals surface area contributed by atoms with E-state index in [0.29, 0.717) is 36.3 Å². The number of aliphatic imine (C=N–C) groups is 1. The smallest absolute Gasteiger partial charge is 0.276 e. The van der Waals surface area contributed by atoms with Crippen LogP contribution in [0.2, 0.25) is 0 Å². The van der Waals surface area contributed by atoms with Gasteiger partial charge in [-0.15, -0.1) is 24.0 Å². The van der Waals surface area contributed by atoms with Crippen LogP contribution in [-0.4, -0.2) is 41.8 Å². The number of nitrogens with zero attached hydrogens (tertiary/aromatic N) is 4. The second kappa shape index (κ2) is 11.5. The fourth-order valence-corrected chi connectivity index (χ4v) is 2.91. The van der Waals surface area contributed by atoms with Crippen LogP contribution in [0.15, 0.2) is 52.1 Å². The van der Waals surface area contributed by atoms with E-state index < -0.39 is 0 Å². The molecule has 1 atom stereocenters. The Morgan fingerprint density at radius 2 is 2.10 bits per heavy atom. The molecule has 0 aliphatic carbocycles. The van der Waals surface area contributed by atoms with E-state index in [1.54, 1.807) is 20.4 Å². The summed E-state index contributed by atoms with van der Waals surface area (Å²) in [5.74, 6) is 2.57. The number of benzene rings is 1. The molecule has 0 aliphatic heterocycles. The lowest BCUT2D eigenvalue weighted by molar-refractivity contribution is 0.405. The van der Waals surface area contributed by atoms with Crippen molar-refractivity contribution in [1.82, 2.24) is 25.8 Å². The molecule has 2 N–H and O–H groups in total. The first-order valence-corrected chi connectivity index (χ1v) is 9.46. The van der Waals surface area contributed by atoms with Crippen LogP contribution in [0.1, 0.15) is 29.9 Å². The van der Waals surface area contributed by atoms with Crippen LogP contribution in [0, 0.1) is 6.92 Å². The number of aromatic nitrogens is 3. The van der Waals surface area contributed by atoms with Gasteiger partial charge in [-0.25, -0.2) is 0 Å². The molecule has 8 nitrogen and oxygen atoms in total. The predicted octanol–water partition coefficient (Wildman–Crippen LogP) is 3.54. The Kier molecular flexibility index (Phi) is 9.03. The minimum Gasteiger partial charge on any atom is -0.496 e. The molecule has 3 rings (SSSR count). The van der Waals surface area contributed by atoms with Crippen molar-refractivity contribution in [3.8, 4) is 17.3 Å². The molecule has 3 aromatic rings. The van der Waals surface area contributed by atoms with Gasteiger partial charge >= 0.3 is 0 Å². The molecule has 0 saturated carbocycles. The van der Waals surface area contributed by atoms with Gasteiger partial charge in [-0.1, -0.05) is 28.9 Å². The molecule has 1 unspecified atom stereocenters. The van der Waals surface area contributed by atoms with Gasteiger partial charge < -0.3 is 19.9 Å². The quantitative estimate of drug-likeness (QED) is 0.278. The standard InChI is InChI=1S/C21H26N6O2.HI/c1-14-8-9-18(28-4)16(13-14)15(2)25-21(22-3)24-12-10-19-26-20(29-27-19)17-7-5-6-11-23-17;/h5-9,11,13,15H,10,12H2,1-4H3,(H2,22,24,25);1H. The van der Waals surface area contributed by atoms with E-state index in [9.17, 15) is 0 Å². The van der Waals surface area contributed by atoms with Gasteiger partial charge in [0.1, 0.15) is 11.4 Å². The van der Waals surface area contributed by atoms with Crippen LogP contribution in [0.25, 0.3) is 11.6 Å². The number of halogens is 1. The summed E-state index contributed by atoms with van der Waals surface area (Å²) < 4.78 is 10.8. The maximum atomic E-state index is 5.48. The average Bonchev–Trinajstić information content (AvgIpc) is 3.22. The topological polar surface area (TPSA) is 97.5 Å². The molecule has 9 heteroatoms. The van der Waals surface area contributed by atoms with Gasteiger partial charge in [-0.3, -0.25) is 9.98 Å². The lowest BCUT2D eigenvalue weighted by atomic mass is 10.0. The first kappa shape index (κ1) is 23.6. The average molecular weight is 522 g/mol. The Bertz CT molecular complexity index is 961. The third-order valence-corrected chi connectivity index (χ3v) is 4.42. The van der Waals surface area contributed by atoms with E-state index >= 15 is 0 Å². The molecule has 0 aliphatic rings. The highest BCUT2D eigenvalue weighted by Gasteiger charge is 2.14. The number of ether oxygens (including phenoxy) is 1. The van der Waals surface area contributed by atoms with Gasteiger partial charge in [0.15, 0.2) is 11.8 Å². The van der Waals surface area contributed by atoms with Crippen molar-refractivity contribution in [2.75, 3.05) is 20.7 Å². The van der Waals surface area contributed by atoms with Crippen molar-refractivity contribution in [3.63, 3.8) is 0 Å². The SMILES string of the molecule is CN=C(NCCc1noc(-c2ccccn2)n1)NC(C)c1cc(C)ccc1OC.I. The van der Waals surface area contributed by atoms with E-state index in [0.717, 1.165) is 11.3 Å². The van der Waals surface area contributed by atoms with E-state index in [2.05, 4.69) is 50.7 Å². The van der Waals surface area contributed by atoms with Crippen molar-refractivity contribution in [3.05, 3.63) is 59.5 Å². The number of pyridine rings is 1. The van der Waals surface area contributed by atoms with E-state index in [4.69, 9.17) is 9.26 Å². The second-order valence-corrected chi connectivity index (χ2v) is 6.59. The van der Waals surface area contributed by atoms with Crippen molar-refractivity contribution in [2.24, 2.45) is 4.99 Å². The molecule has 30 heavy (non-hydrogen) atoms. The van der Waals surface area contributed by atoms with E-state index in [-0.39, 0.29) is 30.0 Å². The summed E-state index contributed by atoms with van der Waals surface area (Å²) >= 11 is 0. The Balaban J connectivity index is 0.00000320. The first-order chi connectivity index (χ1) is 14.1. The van der Waals surface area contributed by atoms with Gasteiger partial charge in [-0.05, 0) is 32.0 Å². The molecule has 0 saturated heterocycles. The third kappa shape index (κ3) is 6.15. The zero-order valence-electron chi connectivity index (χ0n) is 17.5. The summed E-state index contributed by atoms with van der Waals surface area (Å²) in [5, 5.41) is 10.7. The van der Waals surface area contributed by atoms with Crippen molar-refractivity contribution < 1.29 is 9.26 Å². The molecule has 0 bridgehead atoms. The number of aryl methyl sites for hydroxylation is 1. The van der Waals surface area contributed by atoms with E-state index in [1.807, 2.05) is 30.3 Å². The molecule has 0 radical (unpaired) electrons. The first-order valence-electron chi connectivity index (χ1n) is 9.46.